The number of oxazole rings is 1. The van der Waals surface area contributed by atoms with E-state index < -0.39 is 5.76 Å². The lowest BCUT2D eigenvalue weighted by Crippen LogP contribution is -1.91. The van der Waals surface area contributed by atoms with Gasteiger partial charge in [0.15, 0.2) is 0 Å². The zero-order chi connectivity index (χ0) is 7.11. The van der Waals surface area contributed by atoms with Crippen LogP contribution in [0.1, 0.15) is 0 Å². The molecule has 1 rings (SSSR count). The van der Waals surface area contributed by atoms with Crippen molar-refractivity contribution in [2.75, 3.05) is 0 Å². The number of carbonyl (C=O) groups excluding carboxylic acids is 1. The molecule has 0 bridgehead atoms. The van der Waals surface area contributed by atoms with E-state index in [0.717, 1.165) is 6.08 Å². The molecule has 0 saturated carbocycles. The molecule has 2 N–H and O–H groups in total. The summed E-state index contributed by atoms with van der Waals surface area (Å²) in [6, 6.07) is 0. The highest BCUT2D eigenvalue weighted by Gasteiger charge is 1.72. The van der Waals surface area contributed by atoms with Crippen molar-refractivity contribution in [3.05, 3.63) is 23.0 Å². The summed E-state index contributed by atoms with van der Waals surface area (Å²) < 4.78 is 4.22. The summed E-state index contributed by atoms with van der Waals surface area (Å²) in [6.07, 6.45) is 3.48. The van der Waals surface area contributed by atoms with E-state index in [1.807, 2.05) is 0 Å². The fraction of sp³-hybridized carbons (Fsp3) is 0. The van der Waals surface area contributed by atoms with Crippen LogP contribution in [-0.2, 0) is 4.79 Å². The third kappa shape index (κ3) is 4.24. The molecular weight excluding hydrogens is 124 g/mol. The van der Waals surface area contributed by atoms with Gasteiger partial charge < -0.3 is 4.42 Å². The normalized spacial score (nSPS) is 6.67. The molecule has 0 fully saturated rings. The first-order valence-electron chi connectivity index (χ1n) is 1.97. The Morgan fingerprint density at radius 3 is 2.44 bits per heavy atom. The minimum atomic E-state index is -0.407. The number of nitrogens with one attached hydrogen (secondary N) is 2. The number of aromatic amines is 1. The molecule has 1 heterocycles. The first-order chi connectivity index (χ1) is 4.31. The minimum Gasteiger partial charge on any atom is -0.417 e. The van der Waals surface area contributed by atoms with Crippen molar-refractivity contribution in [3.63, 3.8) is 0 Å². The van der Waals surface area contributed by atoms with Gasteiger partial charge in [0.2, 0.25) is 6.08 Å². The second-order valence-corrected chi connectivity index (χ2v) is 0.954. The van der Waals surface area contributed by atoms with E-state index in [9.17, 15) is 4.79 Å². The topological polar surface area (TPSA) is 86.9 Å². The lowest BCUT2D eigenvalue weighted by Gasteiger charge is -1.51. The standard InChI is InChI=1S/C3H3NO2.CHNO/c5-3-4-1-2-6-3;2-1-3/h1-2H,(H,4,5);2H. The zero-order valence-corrected chi connectivity index (χ0v) is 4.38. The molecule has 0 aliphatic carbocycles. The maximum Gasteiger partial charge on any atom is 0.416 e. The van der Waals surface area contributed by atoms with Crippen molar-refractivity contribution in [1.29, 1.82) is 5.41 Å². The smallest absolute Gasteiger partial charge is 0.416 e. The molecule has 0 atom stereocenters. The van der Waals surface area contributed by atoms with E-state index in [1.54, 1.807) is 0 Å². The Morgan fingerprint density at radius 2 is 2.33 bits per heavy atom. The Balaban J connectivity index is 0.000000187. The molecule has 0 aliphatic heterocycles. The van der Waals surface area contributed by atoms with Gasteiger partial charge in [-0.05, 0) is 0 Å². The van der Waals surface area contributed by atoms with Gasteiger partial charge in [0.1, 0.15) is 6.26 Å². The Bertz CT molecular complexity index is 213. The highest BCUT2D eigenvalue weighted by atomic mass is 16.4. The highest BCUT2D eigenvalue weighted by Crippen LogP contribution is 1.62. The summed E-state index contributed by atoms with van der Waals surface area (Å²) >= 11 is 0. The molecule has 0 unspecified atom stereocenters. The number of hydrogen-bond donors (Lipinski definition) is 2. The van der Waals surface area contributed by atoms with Crippen molar-refractivity contribution in [2.24, 2.45) is 0 Å². The lowest BCUT2D eigenvalue weighted by molar-refractivity contribution is 0.515. The molecule has 5 nitrogen and oxygen atoms in total. The molecule has 1 aromatic heterocycles. The predicted octanol–water partition coefficient (Wildman–Crippen LogP) is -0.131. The van der Waals surface area contributed by atoms with Crippen LogP contribution in [0.2, 0.25) is 0 Å². The second kappa shape index (κ2) is 4.55. The fourth-order valence-corrected chi connectivity index (χ4v) is 0.232. The third-order valence-electron chi connectivity index (χ3n) is 0.444. The molecule has 5 heteroatoms. The van der Waals surface area contributed by atoms with Gasteiger partial charge >= 0.3 is 5.76 Å². The van der Waals surface area contributed by atoms with Gasteiger partial charge in [0, 0.05) is 6.20 Å². The van der Waals surface area contributed by atoms with Gasteiger partial charge in [0.05, 0.1) is 0 Å². The van der Waals surface area contributed by atoms with Crippen LogP contribution in [0.25, 0.3) is 0 Å². The van der Waals surface area contributed by atoms with Crippen LogP contribution in [0, 0.1) is 5.41 Å². The molecule has 48 valence electrons. The number of hydrogen-bond acceptors (Lipinski definition) is 4. The predicted molar refractivity (Wildman–Crippen MR) is 27.7 cm³/mol. The van der Waals surface area contributed by atoms with E-state index in [2.05, 4.69) is 9.40 Å². The summed E-state index contributed by atoms with van der Waals surface area (Å²) in [5.74, 6) is -0.407. The molecule has 0 amide bonds. The monoisotopic (exact) mass is 128 g/mol. The zero-order valence-electron chi connectivity index (χ0n) is 4.38. The molecule has 0 saturated heterocycles. The molecule has 9 heavy (non-hydrogen) atoms. The summed E-state index contributed by atoms with van der Waals surface area (Å²) in [6.45, 7) is 0. The first kappa shape index (κ1) is 7.39. The lowest BCUT2D eigenvalue weighted by atomic mass is 11.0. The highest BCUT2D eigenvalue weighted by molar-refractivity contribution is 5.26. The van der Waals surface area contributed by atoms with E-state index in [4.69, 9.17) is 10.2 Å². The van der Waals surface area contributed by atoms with Crippen LogP contribution in [0.15, 0.2) is 21.7 Å². The average molecular weight is 128 g/mol. The molecule has 1 aromatic rings. The van der Waals surface area contributed by atoms with Crippen LogP contribution >= 0.6 is 0 Å². The van der Waals surface area contributed by atoms with Crippen LogP contribution in [0.4, 0.5) is 0 Å². The Morgan fingerprint density at radius 1 is 1.78 bits per heavy atom. The van der Waals surface area contributed by atoms with E-state index in [-0.39, 0.29) is 0 Å². The second-order valence-electron chi connectivity index (χ2n) is 0.954. The first-order valence-corrected chi connectivity index (χ1v) is 1.97. The largest absolute Gasteiger partial charge is 0.417 e. The van der Waals surface area contributed by atoms with Gasteiger partial charge in [-0.2, -0.15) is 0 Å². The SMILES string of the molecule is N=C=O.O=c1[nH]cco1. The quantitative estimate of drug-likeness (QED) is 0.376. The summed E-state index contributed by atoms with van der Waals surface area (Å²) in [5, 5.41) is 5.40. The summed E-state index contributed by atoms with van der Waals surface area (Å²) in [4.78, 5) is 20.5. The van der Waals surface area contributed by atoms with Crippen molar-refractivity contribution in [2.45, 2.75) is 0 Å². The number of H-pyrrole nitrogens is 1. The van der Waals surface area contributed by atoms with Crippen molar-refractivity contribution in [3.8, 4) is 0 Å². The van der Waals surface area contributed by atoms with E-state index in [1.165, 1.54) is 12.5 Å². The number of rotatable bonds is 0. The molecular formula is C4H4N2O3. The summed E-state index contributed by atoms with van der Waals surface area (Å²) in [5.41, 5.74) is 0. The van der Waals surface area contributed by atoms with Gasteiger partial charge in [-0.3, -0.25) is 4.98 Å². The Labute approximate surface area is 49.8 Å². The fourth-order valence-electron chi connectivity index (χ4n) is 0.232. The van der Waals surface area contributed by atoms with Crippen molar-refractivity contribution < 1.29 is 9.21 Å². The van der Waals surface area contributed by atoms with E-state index >= 15 is 0 Å². The molecule has 0 aromatic carbocycles. The summed E-state index contributed by atoms with van der Waals surface area (Å²) in [7, 11) is 0. The van der Waals surface area contributed by atoms with Gasteiger partial charge in [0.25, 0.3) is 0 Å². The van der Waals surface area contributed by atoms with Crippen molar-refractivity contribution >= 4 is 6.08 Å². The molecule has 0 radical (unpaired) electrons. The van der Waals surface area contributed by atoms with Gasteiger partial charge in [-0.15, -0.1) is 0 Å². The van der Waals surface area contributed by atoms with Crippen LogP contribution in [0.3, 0.4) is 0 Å². The van der Waals surface area contributed by atoms with Crippen LogP contribution < -0.4 is 5.76 Å². The third-order valence-corrected chi connectivity index (χ3v) is 0.444. The van der Waals surface area contributed by atoms with Crippen molar-refractivity contribution in [1.82, 2.24) is 4.98 Å². The van der Waals surface area contributed by atoms with Gasteiger partial charge in [-0.1, -0.05) is 0 Å². The van der Waals surface area contributed by atoms with E-state index in [0.29, 0.717) is 0 Å². The van der Waals surface area contributed by atoms with Gasteiger partial charge in [-0.25, -0.2) is 15.0 Å². The van der Waals surface area contributed by atoms with Crippen LogP contribution in [-0.4, -0.2) is 11.1 Å². The Kier molecular flexibility index (Phi) is 3.73. The van der Waals surface area contributed by atoms with Crippen LogP contribution in [0.5, 0.6) is 0 Å². The number of aromatic nitrogens is 1. The molecule has 0 spiro atoms. The maximum absolute atomic E-state index is 9.85. The number of isocyanates is 1. The molecule has 0 aliphatic rings. The average Bonchev–Trinajstić information content (AvgIpc) is 2.20. The minimum absolute atomic E-state index is 0.407. The maximum atomic E-state index is 9.85. The Hall–Kier alpha value is -1.61.